The summed E-state index contributed by atoms with van der Waals surface area (Å²) in [4.78, 5) is 4.34. The van der Waals surface area contributed by atoms with E-state index >= 15 is 0 Å². The zero-order chi connectivity index (χ0) is 21.7. The highest BCUT2D eigenvalue weighted by Gasteiger charge is 2.40. The van der Waals surface area contributed by atoms with E-state index in [0.717, 1.165) is 12.1 Å². The second kappa shape index (κ2) is 7.05. The Balaban J connectivity index is 2.76. The van der Waals surface area contributed by atoms with Crippen molar-refractivity contribution in [3.63, 3.8) is 0 Å². The number of aromatic nitrogens is 2. The zero-order valence-electron chi connectivity index (χ0n) is 16.5. The van der Waals surface area contributed by atoms with Crippen LogP contribution in [0.3, 0.4) is 0 Å². The molecule has 9 heteroatoms. The van der Waals surface area contributed by atoms with Crippen molar-refractivity contribution >= 4 is 13.5 Å². The summed E-state index contributed by atoms with van der Waals surface area (Å²) in [5, 5.41) is -0.517. The van der Waals surface area contributed by atoms with Crippen molar-refractivity contribution < 1.29 is 26.3 Å². The lowest BCUT2D eigenvalue weighted by atomic mass is 10.1. The Hall–Kier alpha value is -1.56. The molecule has 0 aliphatic heterocycles. The number of alkyl halides is 6. The van der Waals surface area contributed by atoms with E-state index in [2.05, 4.69) is 4.98 Å². The molecule has 0 N–H and O–H groups in total. The molecule has 1 aromatic heterocycles. The molecule has 0 bridgehead atoms. The van der Waals surface area contributed by atoms with Crippen LogP contribution in [-0.2, 0) is 12.4 Å². The normalized spacial score (nSPS) is 14.0. The maximum Gasteiger partial charge on any atom is 0.416 e. The van der Waals surface area contributed by atoms with Crippen molar-refractivity contribution in [3.8, 4) is 5.69 Å². The highest BCUT2D eigenvalue weighted by molar-refractivity contribution is 7.68. The van der Waals surface area contributed by atoms with Gasteiger partial charge in [0.25, 0.3) is 0 Å². The third-order valence-electron chi connectivity index (χ3n) is 4.01. The van der Waals surface area contributed by atoms with Crippen LogP contribution in [0.25, 0.3) is 5.69 Å². The van der Waals surface area contributed by atoms with E-state index in [9.17, 15) is 26.3 Å². The van der Waals surface area contributed by atoms with Gasteiger partial charge in [-0.1, -0.05) is 41.5 Å². The van der Waals surface area contributed by atoms with Gasteiger partial charge < -0.3 is 4.57 Å². The van der Waals surface area contributed by atoms with Crippen molar-refractivity contribution in [3.05, 3.63) is 41.7 Å². The van der Waals surface area contributed by atoms with Gasteiger partial charge in [-0.05, 0) is 36.4 Å². The first-order chi connectivity index (χ1) is 12.4. The third-order valence-corrected chi connectivity index (χ3v) is 7.43. The van der Waals surface area contributed by atoms with E-state index in [1.54, 1.807) is 0 Å². The summed E-state index contributed by atoms with van der Waals surface area (Å²) in [6.45, 7) is 12.0. The fourth-order valence-electron chi connectivity index (χ4n) is 3.35. The van der Waals surface area contributed by atoms with Gasteiger partial charge >= 0.3 is 12.4 Å². The smallest absolute Gasteiger partial charge is 0.300 e. The SMILES string of the molecule is CC(C)(C)P(c1nccn1-c1cc(C(F)(F)F)cc(C(F)(F)F)c1)C(C)(C)C. The Morgan fingerprint density at radius 1 is 0.750 bits per heavy atom. The van der Waals surface area contributed by atoms with Gasteiger partial charge in [0.05, 0.1) is 11.1 Å². The molecule has 0 amide bonds. The molecule has 156 valence electrons. The van der Waals surface area contributed by atoms with Gasteiger partial charge in [0, 0.05) is 18.1 Å². The minimum atomic E-state index is -4.89. The summed E-state index contributed by atoms with van der Waals surface area (Å²) in [7, 11) is -1.03. The number of benzene rings is 1. The highest BCUT2D eigenvalue weighted by atomic mass is 31.1. The van der Waals surface area contributed by atoms with Gasteiger partial charge in [-0.2, -0.15) is 26.3 Å². The molecule has 0 aliphatic carbocycles. The third kappa shape index (κ3) is 4.88. The molecule has 28 heavy (non-hydrogen) atoms. The molecule has 2 rings (SSSR count). The second-order valence-electron chi connectivity index (χ2n) is 8.54. The van der Waals surface area contributed by atoms with Gasteiger partial charge in [0.15, 0.2) is 0 Å². The first-order valence-corrected chi connectivity index (χ1v) is 9.90. The van der Waals surface area contributed by atoms with E-state index in [1.807, 2.05) is 41.5 Å². The summed E-state index contributed by atoms with van der Waals surface area (Å²) in [5.74, 6) is 0. The van der Waals surface area contributed by atoms with Crippen LogP contribution < -0.4 is 5.57 Å². The molecule has 0 spiro atoms. The molecule has 0 unspecified atom stereocenters. The molecule has 1 heterocycles. The highest BCUT2D eigenvalue weighted by Crippen LogP contribution is 2.58. The van der Waals surface area contributed by atoms with Crippen LogP contribution >= 0.6 is 7.92 Å². The number of hydrogen-bond acceptors (Lipinski definition) is 1. The lowest BCUT2D eigenvalue weighted by molar-refractivity contribution is -0.143. The Bertz CT molecular complexity index is 792. The molecule has 0 atom stereocenters. The Labute approximate surface area is 161 Å². The van der Waals surface area contributed by atoms with E-state index in [4.69, 9.17) is 0 Å². The summed E-state index contributed by atoms with van der Waals surface area (Å²) in [6, 6.07) is 1.61. The quantitative estimate of drug-likeness (QED) is 0.392. The van der Waals surface area contributed by atoms with Crippen LogP contribution in [-0.4, -0.2) is 19.9 Å². The van der Waals surface area contributed by atoms with Crippen LogP contribution in [0.4, 0.5) is 26.3 Å². The minimum Gasteiger partial charge on any atom is -0.300 e. The topological polar surface area (TPSA) is 17.8 Å². The Morgan fingerprint density at radius 3 is 1.54 bits per heavy atom. The molecule has 0 fully saturated rings. The number of nitrogens with zero attached hydrogens (tertiary/aromatic N) is 2. The zero-order valence-corrected chi connectivity index (χ0v) is 17.4. The number of imidazole rings is 1. The van der Waals surface area contributed by atoms with Crippen LogP contribution in [0, 0.1) is 0 Å². The average molecular weight is 424 g/mol. The number of hydrogen-bond donors (Lipinski definition) is 0. The predicted molar refractivity (Wildman–Crippen MR) is 99.6 cm³/mol. The average Bonchev–Trinajstić information content (AvgIpc) is 2.90. The number of rotatable bonds is 2. The molecular weight excluding hydrogens is 401 g/mol. The Morgan fingerprint density at radius 2 is 1.18 bits per heavy atom. The summed E-state index contributed by atoms with van der Waals surface area (Å²) >= 11 is 0. The lowest BCUT2D eigenvalue weighted by Gasteiger charge is -2.40. The largest absolute Gasteiger partial charge is 0.416 e. The molecule has 0 radical (unpaired) electrons. The van der Waals surface area contributed by atoms with Gasteiger partial charge in [0.2, 0.25) is 0 Å². The molecule has 2 nitrogen and oxygen atoms in total. The molecule has 0 saturated carbocycles. The van der Waals surface area contributed by atoms with Crippen molar-refractivity contribution in [2.75, 3.05) is 0 Å². The number of halogens is 6. The molecule has 1 aromatic carbocycles. The maximum absolute atomic E-state index is 13.2. The summed E-state index contributed by atoms with van der Waals surface area (Å²) in [5.41, 5.74) is -2.39. The van der Waals surface area contributed by atoms with E-state index in [-0.39, 0.29) is 22.1 Å². The summed E-state index contributed by atoms with van der Waals surface area (Å²) < 4.78 is 80.7. The van der Waals surface area contributed by atoms with Crippen LogP contribution in [0.1, 0.15) is 52.7 Å². The molecule has 0 saturated heterocycles. The lowest BCUT2D eigenvalue weighted by Crippen LogP contribution is -2.35. The first kappa shape index (κ1) is 22.7. The van der Waals surface area contributed by atoms with Gasteiger partial charge in [-0.25, -0.2) is 4.98 Å². The van der Waals surface area contributed by atoms with Crippen molar-refractivity contribution in [1.82, 2.24) is 9.55 Å². The van der Waals surface area contributed by atoms with Gasteiger partial charge in [0.1, 0.15) is 5.57 Å². The van der Waals surface area contributed by atoms with E-state index < -0.39 is 31.4 Å². The van der Waals surface area contributed by atoms with Gasteiger partial charge in [-0.3, -0.25) is 0 Å². The fraction of sp³-hybridized carbons (Fsp3) is 0.526. The molecule has 0 aliphatic rings. The van der Waals surface area contributed by atoms with Crippen molar-refractivity contribution in [2.45, 2.75) is 64.2 Å². The second-order valence-corrected chi connectivity index (χ2v) is 12.3. The van der Waals surface area contributed by atoms with Crippen LogP contribution in [0.5, 0.6) is 0 Å². The maximum atomic E-state index is 13.2. The fourth-order valence-corrected chi connectivity index (χ4v) is 7.14. The van der Waals surface area contributed by atoms with Crippen molar-refractivity contribution in [2.24, 2.45) is 0 Å². The van der Waals surface area contributed by atoms with E-state index in [1.165, 1.54) is 17.0 Å². The van der Waals surface area contributed by atoms with Gasteiger partial charge in [-0.15, -0.1) is 0 Å². The van der Waals surface area contributed by atoms with Crippen LogP contribution in [0.15, 0.2) is 30.6 Å². The molecular formula is C19H23F6N2P. The monoisotopic (exact) mass is 424 g/mol. The Kier molecular flexibility index (Phi) is 5.72. The minimum absolute atomic E-state index is 0.135. The van der Waals surface area contributed by atoms with Crippen LogP contribution in [0.2, 0.25) is 0 Å². The molecule has 2 aromatic rings. The van der Waals surface area contributed by atoms with E-state index in [0.29, 0.717) is 5.57 Å². The van der Waals surface area contributed by atoms with Crippen molar-refractivity contribution in [1.29, 1.82) is 0 Å². The predicted octanol–water partition coefficient (Wildman–Crippen LogP) is 6.61. The standard InChI is InChI=1S/C19H23F6N2P/c1-16(2,3)28(17(4,5)6)15-26-7-8-27(15)14-10-12(18(20,21)22)9-13(11-14)19(23,24)25/h7-11H,1-6H3. The first-order valence-electron chi connectivity index (χ1n) is 8.56. The summed E-state index contributed by atoms with van der Waals surface area (Å²) in [6.07, 6.45) is -6.96.